The van der Waals surface area contributed by atoms with E-state index in [1.807, 2.05) is 0 Å². The summed E-state index contributed by atoms with van der Waals surface area (Å²) in [5.74, 6) is -1.27. The van der Waals surface area contributed by atoms with Crippen molar-refractivity contribution >= 4 is 17.6 Å². The van der Waals surface area contributed by atoms with E-state index in [1.165, 1.54) is 0 Å². The third-order valence-corrected chi connectivity index (χ3v) is 3.60. The number of nitrogens with one attached hydrogen (secondary N) is 1. The molecule has 0 unspecified atom stereocenters. The van der Waals surface area contributed by atoms with Crippen LogP contribution in [0, 0.1) is 5.92 Å². The third-order valence-electron chi connectivity index (χ3n) is 3.60. The zero-order valence-electron chi connectivity index (χ0n) is 10.5. The molecule has 0 atom stereocenters. The maximum atomic E-state index is 12.0. The van der Waals surface area contributed by atoms with Gasteiger partial charge in [0.15, 0.2) is 0 Å². The Morgan fingerprint density at radius 3 is 2.63 bits per heavy atom. The number of hydrogen-bond acceptors (Lipinski definition) is 4. The van der Waals surface area contributed by atoms with Crippen molar-refractivity contribution in [1.82, 2.24) is 4.98 Å². The lowest BCUT2D eigenvalue weighted by molar-refractivity contribution is -0.145. The number of rotatable bonds is 3. The summed E-state index contributed by atoms with van der Waals surface area (Å²) >= 11 is 0. The molecule has 4 N–H and O–H groups in total. The van der Waals surface area contributed by atoms with Gasteiger partial charge in [-0.05, 0) is 37.8 Å². The quantitative estimate of drug-likeness (QED) is 0.754. The van der Waals surface area contributed by atoms with E-state index in [2.05, 4.69) is 10.3 Å². The zero-order valence-corrected chi connectivity index (χ0v) is 10.5. The van der Waals surface area contributed by atoms with Crippen LogP contribution >= 0.6 is 0 Å². The summed E-state index contributed by atoms with van der Waals surface area (Å²) in [4.78, 5) is 26.9. The van der Waals surface area contributed by atoms with E-state index in [9.17, 15) is 9.59 Å². The molecule has 0 aromatic carbocycles. The summed E-state index contributed by atoms with van der Waals surface area (Å²) in [5.41, 5.74) is 5.25. The molecule has 1 aromatic heterocycles. The number of amides is 1. The molecule has 1 saturated carbocycles. The molecule has 1 heterocycles. The van der Waals surface area contributed by atoms with E-state index in [0.29, 0.717) is 31.4 Å². The fraction of sp³-hybridized carbons (Fsp3) is 0.462. The number of carboxylic acids is 1. The van der Waals surface area contributed by atoms with Gasteiger partial charge in [0, 0.05) is 12.1 Å². The number of nitrogens with two attached hydrogens (primary N) is 1. The van der Waals surface area contributed by atoms with Crippen LogP contribution in [0.25, 0.3) is 0 Å². The first-order valence-corrected chi connectivity index (χ1v) is 6.24. The van der Waals surface area contributed by atoms with E-state index in [4.69, 9.17) is 10.8 Å². The number of aromatic nitrogens is 1. The highest BCUT2D eigenvalue weighted by atomic mass is 16.4. The van der Waals surface area contributed by atoms with Crippen molar-refractivity contribution in [3.63, 3.8) is 0 Å². The van der Waals surface area contributed by atoms with Gasteiger partial charge in [-0.3, -0.25) is 14.6 Å². The number of aliphatic carboxylic acids is 1. The molecule has 6 nitrogen and oxygen atoms in total. The molecule has 0 saturated heterocycles. The second-order valence-corrected chi connectivity index (χ2v) is 4.97. The summed E-state index contributed by atoms with van der Waals surface area (Å²) in [5, 5.41) is 11.8. The average Bonchev–Trinajstić information content (AvgIpc) is 2.40. The normalized spacial score (nSPS) is 26.7. The molecule has 1 aliphatic carbocycles. The molecule has 1 amide bonds. The largest absolute Gasteiger partial charge is 0.480 e. The first-order chi connectivity index (χ1) is 9.01. The van der Waals surface area contributed by atoms with Gasteiger partial charge in [0.2, 0.25) is 5.91 Å². The standard InChI is InChI=1S/C13H17N3O3/c14-13(12(18)19)5-3-9(4-6-13)11(17)16-10-2-1-7-15-8-10/h1-2,7-9H,3-6,14H2,(H,16,17)(H,18,19). The molecular formula is C13H17N3O3. The van der Waals surface area contributed by atoms with Crippen molar-refractivity contribution in [3.05, 3.63) is 24.5 Å². The van der Waals surface area contributed by atoms with Crippen LogP contribution in [0.5, 0.6) is 0 Å². The van der Waals surface area contributed by atoms with Crippen LogP contribution in [0.1, 0.15) is 25.7 Å². The number of anilines is 1. The summed E-state index contributed by atoms with van der Waals surface area (Å²) in [6.45, 7) is 0. The van der Waals surface area contributed by atoms with Crippen molar-refractivity contribution in [2.45, 2.75) is 31.2 Å². The van der Waals surface area contributed by atoms with Crippen LogP contribution < -0.4 is 11.1 Å². The molecule has 2 rings (SSSR count). The van der Waals surface area contributed by atoms with Crippen LogP contribution in [-0.4, -0.2) is 27.5 Å². The minimum absolute atomic E-state index is 0.0968. The van der Waals surface area contributed by atoms with E-state index < -0.39 is 11.5 Å². The Labute approximate surface area is 111 Å². The molecule has 1 fully saturated rings. The minimum atomic E-state index is -1.18. The summed E-state index contributed by atoms with van der Waals surface area (Å²) < 4.78 is 0. The highest BCUT2D eigenvalue weighted by Gasteiger charge is 2.40. The Morgan fingerprint density at radius 2 is 2.11 bits per heavy atom. The van der Waals surface area contributed by atoms with Gasteiger partial charge in [0.05, 0.1) is 11.9 Å². The fourth-order valence-electron chi connectivity index (χ4n) is 2.29. The van der Waals surface area contributed by atoms with Crippen molar-refractivity contribution < 1.29 is 14.7 Å². The van der Waals surface area contributed by atoms with Gasteiger partial charge in [-0.1, -0.05) is 0 Å². The molecule has 1 aliphatic rings. The summed E-state index contributed by atoms with van der Waals surface area (Å²) in [7, 11) is 0. The molecule has 1 aromatic rings. The number of nitrogens with zero attached hydrogens (tertiary/aromatic N) is 1. The lowest BCUT2D eigenvalue weighted by Crippen LogP contribution is -2.51. The molecular weight excluding hydrogens is 246 g/mol. The average molecular weight is 263 g/mol. The number of pyridine rings is 1. The van der Waals surface area contributed by atoms with Gasteiger partial charge in [-0.15, -0.1) is 0 Å². The first kappa shape index (κ1) is 13.5. The molecule has 102 valence electrons. The molecule has 0 bridgehead atoms. The molecule has 0 aliphatic heterocycles. The van der Waals surface area contributed by atoms with Crippen LogP contribution in [0.15, 0.2) is 24.5 Å². The monoisotopic (exact) mass is 263 g/mol. The van der Waals surface area contributed by atoms with E-state index in [1.54, 1.807) is 24.5 Å². The number of carbonyl (C=O) groups is 2. The van der Waals surface area contributed by atoms with Gasteiger partial charge in [-0.25, -0.2) is 0 Å². The van der Waals surface area contributed by atoms with Gasteiger partial charge < -0.3 is 16.2 Å². The van der Waals surface area contributed by atoms with Crippen LogP contribution in [-0.2, 0) is 9.59 Å². The number of carbonyl (C=O) groups excluding carboxylic acids is 1. The van der Waals surface area contributed by atoms with Crippen molar-refractivity contribution in [2.75, 3.05) is 5.32 Å². The number of carboxylic acid groups (broad SMARTS) is 1. The molecule has 0 radical (unpaired) electrons. The summed E-state index contributed by atoms with van der Waals surface area (Å²) in [6.07, 6.45) is 4.85. The smallest absolute Gasteiger partial charge is 0.323 e. The maximum absolute atomic E-state index is 12.0. The second-order valence-electron chi connectivity index (χ2n) is 4.97. The highest BCUT2D eigenvalue weighted by molar-refractivity contribution is 5.92. The van der Waals surface area contributed by atoms with Crippen molar-refractivity contribution in [3.8, 4) is 0 Å². The fourth-order valence-corrected chi connectivity index (χ4v) is 2.29. The second kappa shape index (κ2) is 5.36. The Hall–Kier alpha value is -1.95. The van der Waals surface area contributed by atoms with Crippen molar-refractivity contribution in [2.24, 2.45) is 11.7 Å². The minimum Gasteiger partial charge on any atom is -0.480 e. The zero-order chi connectivity index (χ0) is 13.9. The molecule has 0 spiro atoms. The lowest BCUT2D eigenvalue weighted by Gasteiger charge is -2.32. The van der Waals surface area contributed by atoms with Gasteiger partial charge in [0.25, 0.3) is 0 Å². The highest BCUT2D eigenvalue weighted by Crippen LogP contribution is 2.31. The lowest BCUT2D eigenvalue weighted by atomic mass is 9.77. The summed E-state index contributed by atoms with van der Waals surface area (Å²) in [6, 6.07) is 3.50. The molecule has 19 heavy (non-hydrogen) atoms. The van der Waals surface area contributed by atoms with Crippen LogP contribution in [0.4, 0.5) is 5.69 Å². The third kappa shape index (κ3) is 3.08. The Bertz CT molecular complexity index is 467. The topological polar surface area (TPSA) is 105 Å². The van der Waals surface area contributed by atoms with Crippen LogP contribution in [0.3, 0.4) is 0 Å². The Kier molecular flexibility index (Phi) is 3.80. The van der Waals surface area contributed by atoms with Gasteiger partial charge >= 0.3 is 5.97 Å². The van der Waals surface area contributed by atoms with E-state index >= 15 is 0 Å². The Balaban J connectivity index is 1.91. The predicted molar refractivity (Wildman–Crippen MR) is 69.4 cm³/mol. The van der Waals surface area contributed by atoms with Crippen LogP contribution in [0.2, 0.25) is 0 Å². The SMILES string of the molecule is NC1(C(=O)O)CCC(C(=O)Nc2cccnc2)CC1. The van der Waals surface area contributed by atoms with Gasteiger partial charge in [-0.2, -0.15) is 0 Å². The Morgan fingerprint density at radius 1 is 1.42 bits per heavy atom. The van der Waals surface area contributed by atoms with Gasteiger partial charge in [0.1, 0.15) is 5.54 Å². The first-order valence-electron chi connectivity index (χ1n) is 6.24. The van der Waals surface area contributed by atoms with E-state index in [-0.39, 0.29) is 11.8 Å². The number of hydrogen-bond donors (Lipinski definition) is 3. The van der Waals surface area contributed by atoms with E-state index in [0.717, 1.165) is 0 Å². The van der Waals surface area contributed by atoms with Crippen molar-refractivity contribution in [1.29, 1.82) is 0 Å². The predicted octanol–water partition coefficient (Wildman–Crippen LogP) is 0.992. The molecule has 6 heteroatoms. The maximum Gasteiger partial charge on any atom is 0.323 e.